The number of carbonyl (C=O) groups excluding carboxylic acids is 3. The zero-order valence-corrected chi connectivity index (χ0v) is 18.6. The molecule has 1 saturated heterocycles. The van der Waals surface area contributed by atoms with Crippen LogP contribution >= 0.6 is 0 Å². The van der Waals surface area contributed by atoms with Crippen molar-refractivity contribution >= 4 is 28.9 Å². The molecule has 4 rings (SSSR count). The second-order valence-electron chi connectivity index (χ2n) is 8.42. The van der Waals surface area contributed by atoms with E-state index in [0.717, 1.165) is 41.4 Å². The number of benzene rings is 1. The van der Waals surface area contributed by atoms with Crippen LogP contribution in [0.15, 0.2) is 24.3 Å². The number of esters is 1. The third kappa shape index (κ3) is 4.54. The lowest BCUT2D eigenvalue weighted by Gasteiger charge is -2.33. The van der Waals surface area contributed by atoms with Crippen LogP contribution in [0.4, 0.5) is 4.79 Å². The van der Waals surface area contributed by atoms with E-state index >= 15 is 0 Å². The summed E-state index contributed by atoms with van der Waals surface area (Å²) in [6.45, 7) is 5.51. The van der Waals surface area contributed by atoms with Gasteiger partial charge < -0.3 is 19.3 Å². The van der Waals surface area contributed by atoms with E-state index in [0.29, 0.717) is 44.3 Å². The molecule has 8 nitrogen and oxygen atoms in total. The van der Waals surface area contributed by atoms with Crippen molar-refractivity contribution < 1.29 is 23.9 Å². The van der Waals surface area contributed by atoms with E-state index in [1.807, 2.05) is 24.3 Å². The van der Waals surface area contributed by atoms with Gasteiger partial charge in [-0.2, -0.15) is 0 Å². The van der Waals surface area contributed by atoms with Gasteiger partial charge >= 0.3 is 12.1 Å². The molecule has 170 valence electrons. The number of carbonyl (C=O) groups is 3. The lowest BCUT2D eigenvalue weighted by atomic mass is 9.84. The van der Waals surface area contributed by atoms with Gasteiger partial charge in [-0.3, -0.25) is 9.78 Å². The number of aryl methyl sites for hydroxylation is 1. The van der Waals surface area contributed by atoms with Crippen molar-refractivity contribution in [3.05, 3.63) is 41.1 Å². The maximum absolute atomic E-state index is 13.1. The first-order chi connectivity index (χ1) is 15.5. The lowest BCUT2D eigenvalue weighted by Crippen LogP contribution is -2.51. The summed E-state index contributed by atoms with van der Waals surface area (Å²) in [5.41, 5.74) is 3.21. The molecule has 1 aliphatic carbocycles. The predicted molar refractivity (Wildman–Crippen MR) is 118 cm³/mol. The van der Waals surface area contributed by atoms with Gasteiger partial charge in [0.1, 0.15) is 0 Å². The summed E-state index contributed by atoms with van der Waals surface area (Å²) in [5, 5.41) is 0.765. The quantitative estimate of drug-likeness (QED) is 0.681. The summed E-state index contributed by atoms with van der Waals surface area (Å²) in [4.78, 5) is 45.6. The van der Waals surface area contributed by atoms with Crippen molar-refractivity contribution in [3.63, 3.8) is 0 Å². The predicted octanol–water partition coefficient (Wildman–Crippen LogP) is 2.82. The maximum Gasteiger partial charge on any atom is 0.409 e. The van der Waals surface area contributed by atoms with Gasteiger partial charge in [0, 0.05) is 37.3 Å². The molecule has 1 fully saturated rings. The van der Waals surface area contributed by atoms with Crippen molar-refractivity contribution in [1.29, 1.82) is 0 Å². The minimum atomic E-state index is -0.479. The SMILES string of the molecule is CCOC(=O)N1CCN(C(=O)COC(=O)c2c3c(nc4ccccc24)CCC(C)C3)CC1. The van der Waals surface area contributed by atoms with Gasteiger partial charge in [-0.1, -0.05) is 25.1 Å². The minimum absolute atomic E-state index is 0.262. The van der Waals surface area contributed by atoms with E-state index in [1.165, 1.54) is 0 Å². The van der Waals surface area contributed by atoms with Gasteiger partial charge in [-0.15, -0.1) is 0 Å². The summed E-state index contributed by atoms with van der Waals surface area (Å²) in [6.07, 6.45) is 2.30. The zero-order chi connectivity index (χ0) is 22.7. The van der Waals surface area contributed by atoms with Crippen molar-refractivity contribution in [2.24, 2.45) is 5.92 Å². The van der Waals surface area contributed by atoms with E-state index in [9.17, 15) is 14.4 Å². The van der Waals surface area contributed by atoms with E-state index in [-0.39, 0.29) is 18.6 Å². The molecule has 0 radical (unpaired) electrons. The van der Waals surface area contributed by atoms with Gasteiger partial charge in [0.05, 0.1) is 17.7 Å². The first kappa shape index (κ1) is 22.0. The summed E-state index contributed by atoms with van der Waals surface area (Å²) in [7, 11) is 0. The third-order valence-corrected chi connectivity index (χ3v) is 6.19. The molecule has 8 heteroatoms. The first-order valence-corrected chi connectivity index (χ1v) is 11.2. The molecule has 2 aliphatic rings. The average Bonchev–Trinajstić information content (AvgIpc) is 2.81. The molecule has 2 amide bonds. The van der Waals surface area contributed by atoms with E-state index in [4.69, 9.17) is 14.5 Å². The lowest BCUT2D eigenvalue weighted by molar-refractivity contribution is -0.136. The molecule has 1 aromatic carbocycles. The Balaban J connectivity index is 1.44. The summed E-state index contributed by atoms with van der Waals surface area (Å²) < 4.78 is 10.5. The number of hydrogen-bond donors (Lipinski definition) is 0. The molecule has 1 atom stereocenters. The molecular weight excluding hydrogens is 410 g/mol. The Morgan fingerprint density at radius 2 is 1.78 bits per heavy atom. The van der Waals surface area contributed by atoms with Gasteiger partial charge in [-0.25, -0.2) is 9.59 Å². The summed E-state index contributed by atoms with van der Waals surface area (Å²) >= 11 is 0. The molecule has 0 saturated carbocycles. The zero-order valence-electron chi connectivity index (χ0n) is 18.6. The molecule has 1 aliphatic heterocycles. The highest BCUT2D eigenvalue weighted by atomic mass is 16.6. The van der Waals surface area contributed by atoms with Crippen molar-refractivity contribution in [1.82, 2.24) is 14.8 Å². The Kier molecular flexibility index (Phi) is 6.58. The van der Waals surface area contributed by atoms with Crippen LogP contribution in [0.3, 0.4) is 0 Å². The minimum Gasteiger partial charge on any atom is -0.452 e. The number of rotatable bonds is 4. The molecule has 1 unspecified atom stereocenters. The van der Waals surface area contributed by atoms with Gasteiger partial charge in [0.15, 0.2) is 6.61 Å². The number of ether oxygens (including phenoxy) is 2. The Morgan fingerprint density at radius 1 is 1.06 bits per heavy atom. The van der Waals surface area contributed by atoms with Crippen LogP contribution in [0.5, 0.6) is 0 Å². The highest BCUT2D eigenvalue weighted by molar-refractivity contribution is 6.05. The fourth-order valence-corrected chi connectivity index (χ4v) is 4.44. The topological polar surface area (TPSA) is 89.0 Å². The Hall–Kier alpha value is -3.16. The van der Waals surface area contributed by atoms with Gasteiger partial charge in [-0.05, 0) is 43.7 Å². The number of aromatic nitrogens is 1. The van der Waals surface area contributed by atoms with Crippen LogP contribution in [0, 0.1) is 5.92 Å². The molecular formula is C24H29N3O5. The number of piperazine rings is 1. The molecule has 2 heterocycles. The van der Waals surface area contributed by atoms with Crippen molar-refractivity contribution in [3.8, 4) is 0 Å². The Bertz CT molecular complexity index is 1030. The Labute approximate surface area is 187 Å². The molecule has 0 bridgehead atoms. The van der Waals surface area contributed by atoms with Crippen LogP contribution in [-0.2, 0) is 27.1 Å². The summed E-state index contributed by atoms with van der Waals surface area (Å²) in [6, 6.07) is 7.57. The summed E-state index contributed by atoms with van der Waals surface area (Å²) in [5.74, 6) is -0.274. The van der Waals surface area contributed by atoms with Crippen LogP contribution in [0.1, 0.15) is 41.9 Å². The number of amides is 2. The molecule has 0 N–H and O–H groups in total. The van der Waals surface area contributed by atoms with E-state index < -0.39 is 5.97 Å². The number of para-hydroxylation sites is 1. The number of fused-ring (bicyclic) bond motifs is 2. The molecule has 0 spiro atoms. The fraction of sp³-hybridized carbons (Fsp3) is 0.500. The van der Waals surface area contributed by atoms with Crippen LogP contribution in [0.2, 0.25) is 0 Å². The highest BCUT2D eigenvalue weighted by Crippen LogP contribution is 2.32. The Morgan fingerprint density at radius 3 is 2.53 bits per heavy atom. The first-order valence-electron chi connectivity index (χ1n) is 11.2. The van der Waals surface area contributed by atoms with Crippen molar-refractivity contribution in [2.75, 3.05) is 39.4 Å². The fourth-order valence-electron chi connectivity index (χ4n) is 4.44. The molecule has 1 aromatic heterocycles. The molecule has 2 aromatic rings. The second-order valence-corrected chi connectivity index (χ2v) is 8.42. The normalized spacial score (nSPS) is 18.2. The largest absolute Gasteiger partial charge is 0.452 e. The third-order valence-electron chi connectivity index (χ3n) is 6.19. The van der Waals surface area contributed by atoms with Gasteiger partial charge in [0.25, 0.3) is 5.91 Å². The standard InChI is InChI=1S/C24H29N3O5/c1-3-31-24(30)27-12-10-26(11-13-27)21(28)15-32-23(29)22-17-6-4-5-7-19(17)25-20-9-8-16(2)14-18(20)22/h4-7,16H,3,8-15H2,1-2H3. The van der Waals surface area contributed by atoms with Gasteiger partial charge in [0.2, 0.25) is 0 Å². The molecule has 32 heavy (non-hydrogen) atoms. The van der Waals surface area contributed by atoms with Crippen LogP contribution in [0.25, 0.3) is 10.9 Å². The maximum atomic E-state index is 13.1. The number of pyridine rings is 1. The monoisotopic (exact) mass is 439 g/mol. The van der Waals surface area contributed by atoms with Crippen LogP contribution in [-0.4, -0.2) is 72.1 Å². The van der Waals surface area contributed by atoms with E-state index in [2.05, 4.69) is 6.92 Å². The highest BCUT2D eigenvalue weighted by Gasteiger charge is 2.28. The number of hydrogen-bond acceptors (Lipinski definition) is 6. The van der Waals surface area contributed by atoms with Crippen molar-refractivity contribution in [2.45, 2.75) is 33.1 Å². The smallest absolute Gasteiger partial charge is 0.409 e. The van der Waals surface area contributed by atoms with E-state index in [1.54, 1.807) is 16.7 Å². The second kappa shape index (κ2) is 9.54. The number of nitrogens with zero attached hydrogens (tertiary/aromatic N) is 3. The average molecular weight is 440 g/mol. The van der Waals surface area contributed by atoms with Crippen LogP contribution < -0.4 is 0 Å².